The van der Waals surface area contributed by atoms with Gasteiger partial charge in [0.2, 0.25) is 0 Å². The molecule has 7 nitrogen and oxygen atoms in total. The Bertz CT molecular complexity index is 1260. The van der Waals surface area contributed by atoms with Gasteiger partial charge in [-0.15, -0.1) is 0 Å². The lowest BCUT2D eigenvalue weighted by molar-refractivity contribution is -0.384. The van der Waals surface area contributed by atoms with E-state index in [-0.39, 0.29) is 16.9 Å². The number of amides is 1. The summed E-state index contributed by atoms with van der Waals surface area (Å²) in [5, 5.41) is 22.9. The second kappa shape index (κ2) is 11.6. The van der Waals surface area contributed by atoms with E-state index in [1.807, 2.05) is 30.3 Å². The number of carbonyl (C=O) groups excluding carboxylic acids is 1. The van der Waals surface area contributed by atoms with Gasteiger partial charge in [-0.1, -0.05) is 18.2 Å². The minimum absolute atomic E-state index is 0.142. The lowest BCUT2D eigenvalue weighted by atomic mass is 10.1. The zero-order valence-electron chi connectivity index (χ0n) is 16.7. The van der Waals surface area contributed by atoms with Crippen molar-refractivity contribution in [3.05, 3.63) is 99.1 Å². The van der Waals surface area contributed by atoms with E-state index in [1.165, 1.54) is 30.3 Å². The van der Waals surface area contributed by atoms with E-state index in [2.05, 4.69) is 66.4 Å². The van der Waals surface area contributed by atoms with Crippen molar-refractivity contribution in [3.63, 3.8) is 0 Å². The van der Waals surface area contributed by atoms with Crippen molar-refractivity contribution >= 4 is 84.5 Å². The standard InChI is InChI=1S/C23H14BrI2N3O4/c24-20-9-15(10-21(26)22(20)33-13-14-4-6-17(25)7-5-14)8-16(12-27)23(30)28-18-2-1-3-19(11-18)29(31)32/h1-11H,13H2,(H,28,30)/b16-8+. The predicted molar refractivity (Wildman–Crippen MR) is 146 cm³/mol. The normalized spacial score (nSPS) is 10.9. The van der Waals surface area contributed by atoms with Gasteiger partial charge < -0.3 is 10.1 Å². The molecule has 0 atom stereocenters. The molecular weight excluding hydrogens is 716 g/mol. The zero-order valence-corrected chi connectivity index (χ0v) is 22.6. The minimum Gasteiger partial charge on any atom is -0.487 e. The van der Waals surface area contributed by atoms with Crippen molar-refractivity contribution in [2.45, 2.75) is 6.61 Å². The van der Waals surface area contributed by atoms with Crippen molar-refractivity contribution < 1.29 is 14.5 Å². The number of carbonyl (C=O) groups is 1. The molecule has 0 aliphatic rings. The van der Waals surface area contributed by atoms with Crippen LogP contribution in [-0.2, 0) is 11.4 Å². The fraction of sp³-hybridized carbons (Fsp3) is 0.0435. The lowest BCUT2D eigenvalue weighted by Gasteiger charge is -2.12. The van der Waals surface area contributed by atoms with Gasteiger partial charge in [-0.2, -0.15) is 5.26 Å². The summed E-state index contributed by atoms with van der Waals surface area (Å²) in [4.78, 5) is 22.9. The number of nitriles is 1. The number of benzene rings is 3. The van der Waals surface area contributed by atoms with E-state index in [1.54, 1.807) is 12.1 Å². The van der Waals surface area contributed by atoms with Gasteiger partial charge in [0, 0.05) is 21.4 Å². The minimum atomic E-state index is -0.664. The molecule has 0 unspecified atom stereocenters. The van der Waals surface area contributed by atoms with Gasteiger partial charge in [0.1, 0.15) is 24.0 Å². The Balaban J connectivity index is 1.77. The molecule has 0 spiro atoms. The van der Waals surface area contributed by atoms with Crippen molar-refractivity contribution in [2.75, 3.05) is 5.32 Å². The van der Waals surface area contributed by atoms with Crippen molar-refractivity contribution in [2.24, 2.45) is 0 Å². The number of hydrogen-bond acceptors (Lipinski definition) is 5. The highest BCUT2D eigenvalue weighted by Gasteiger charge is 2.14. The quantitative estimate of drug-likeness (QED) is 0.0960. The zero-order chi connectivity index (χ0) is 24.0. The van der Waals surface area contributed by atoms with Gasteiger partial charge in [-0.3, -0.25) is 14.9 Å². The number of nitrogens with zero attached hydrogens (tertiary/aromatic N) is 2. The largest absolute Gasteiger partial charge is 0.487 e. The highest BCUT2D eigenvalue weighted by molar-refractivity contribution is 14.1. The summed E-state index contributed by atoms with van der Waals surface area (Å²) in [6.07, 6.45) is 1.45. The number of halogens is 3. The lowest BCUT2D eigenvalue weighted by Crippen LogP contribution is -2.13. The molecule has 0 saturated carbocycles. The van der Waals surface area contributed by atoms with Gasteiger partial charge in [0.15, 0.2) is 0 Å². The van der Waals surface area contributed by atoms with Crippen LogP contribution in [0.5, 0.6) is 5.75 Å². The molecule has 0 radical (unpaired) electrons. The molecule has 3 aromatic rings. The third kappa shape index (κ3) is 6.99. The van der Waals surface area contributed by atoms with Crippen LogP contribution < -0.4 is 10.1 Å². The van der Waals surface area contributed by atoms with Gasteiger partial charge in [-0.05, 0) is 109 Å². The van der Waals surface area contributed by atoms with Gasteiger partial charge in [0.05, 0.1) is 13.0 Å². The van der Waals surface area contributed by atoms with E-state index >= 15 is 0 Å². The Kier molecular flexibility index (Phi) is 8.81. The van der Waals surface area contributed by atoms with E-state index in [0.29, 0.717) is 22.4 Å². The summed E-state index contributed by atoms with van der Waals surface area (Å²) in [7, 11) is 0. The molecule has 166 valence electrons. The Labute approximate surface area is 225 Å². The first-order valence-electron chi connectivity index (χ1n) is 9.30. The highest BCUT2D eigenvalue weighted by atomic mass is 127. The first-order chi connectivity index (χ1) is 15.8. The van der Waals surface area contributed by atoms with E-state index in [0.717, 1.165) is 12.7 Å². The molecule has 3 aromatic carbocycles. The fourth-order valence-corrected chi connectivity index (χ4v) is 4.88. The number of rotatable bonds is 7. The number of anilines is 1. The summed E-state index contributed by atoms with van der Waals surface area (Å²) in [5.74, 6) is -0.00554. The van der Waals surface area contributed by atoms with Crippen LogP contribution in [0.25, 0.3) is 6.08 Å². The van der Waals surface area contributed by atoms with Crippen molar-refractivity contribution in [3.8, 4) is 11.8 Å². The second-order valence-corrected chi connectivity index (χ2v) is 9.92. The molecule has 0 aliphatic carbocycles. The van der Waals surface area contributed by atoms with E-state index in [9.17, 15) is 20.2 Å². The number of non-ortho nitro benzene ring substituents is 1. The Morgan fingerprint density at radius 1 is 1.18 bits per heavy atom. The van der Waals surface area contributed by atoms with Gasteiger partial charge in [0.25, 0.3) is 11.6 Å². The van der Waals surface area contributed by atoms with Crippen LogP contribution in [0.3, 0.4) is 0 Å². The van der Waals surface area contributed by atoms with Crippen LogP contribution in [0.2, 0.25) is 0 Å². The Hall–Kier alpha value is -2.50. The molecule has 0 bridgehead atoms. The first kappa shape index (κ1) is 25.1. The molecule has 0 aliphatic heterocycles. The average molecular weight is 730 g/mol. The fourth-order valence-electron chi connectivity index (χ4n) is 2.75. The summed E-state index contributed by atoms with van der Waals surface area (Å²) in [6, 6.07) is 19.0. The average Bonchev–Trinajstić information content (AvgIpc) is 2.78. The van der Waals surface area contributed by atoms with E-state index < -0.39 is 10.8 Å². The molecule has 3 rings (SSSR count). The summed E-state index contributed by atoms with van der Waals surface area (Å²) < 4.78 is 8.59. The molecule has 1 amide bonds. The topological polar surface area (TPSA) is 105 Å². The molecule has 33 heavy (non-hydrogen) atoms. The van der Waals surface area contributed by atoms with Crippen LogP contribution >= 0.6 is 61.1 Å². The maximum atomic E-state index is 12.5. The summed E-state index contributed by atoms with van der Waals surface area (Å²) >= 11 is 7.88. The van der Waals surface area contributed by atoms with Crippen LogP contribution in [-0.4, -0.2) is 10.8 Å². The van der Waals surface area contributed by atoms with E-state index in [4.69, 9.17) is 4.74 Å². The third-order valence-corrected chi connectivity index (χ3v) is 6.42. The number of nitrogens with one attached hydrogen (secondary N) is 1. The van der Waals surface area contributed by atoms with Crippen LogP contribution in [0.15, 0.2) is 70.7 Å². The summed E-state index contributed by atoms with van der Waals surface area (Å²) in [6.45, 7) is 0.399. The molecule has 0 fully saturated rings. The van der Waals surface area contributed by atoms with Gasteiger partial charge in [-0.25, -0.2) is 0 Å². The van der Waals surface area contributed by atoms with Crippen LogP contribution in [0.1, 0.15) is 11.1 Å². The second-order valence-electron chi connectivity index (χ2n) is 6.66. The predicted octanol–water partition coefficient (Wildman–Crippen LogP) is 6.69. The van der Waals surface area contributed by atoms with Crippen molar-refractivity contribution in [1.82, 2.24) is 0 Å². The first-order valence-corrected chi connectivity index (χ1v) is 12.3. The maximum Gasteiger partial charge on any atom is 0.271 e. The number of ether oxygens (including phenoxy) is 1. The molecule has 0 saturated heterocycles. The van der Waals surface area contributed by atoms with Crippen LogP contribution in [0.4, 0.5) is 11.4 Å². The number of hydrogen-bond donors (Lipinski definition) is 1. The Morgan fingerprint density at radius 3 is 2.55 bits per heavy atom. The summed E-state index contributed by atoms with van der Waals surface area (Å²) in [5.41, 5.74) is 1.59. The highest BCUT2D eigenvalue weighted by Crippen LogP contribution is 2.33. The maximum absolute atomic E-state index is 12.5. The van der Waals surface area contributed by atoms with Crippen molar-refractivity contribution in [1.29, 1.82) is 5.26 Å². The number of nitro benzene ring substituents is 1. The smallest absolute Gasteiger partial charge is 0.271 e. The monoisotopic (exact) mass is 729 g/mol. The third-order valence-electron chi connectivity index (χ3n) is 4.31. The number of nitro groups is 1. The van der Waals surface area contributed by atoms with Gasteiger partial charge >= 0.3 is 0 Å². The van der Waals surface area contributed by atoms with Crippen LogP contribution in [0, 0.1) is 28.6 Å². The SMILES string of the molecule is N#C/C(=C\c1cc(Br)c(OCc2ccc(I)cc2)c(I)c1)C(=O)Nc1cccc([N+](=O)[O-])c1. The molecule has 10 heteroatoms. The molecule has 0 aromatic heterocycles. The Morgan fingerprint density at radius 2 is 1.91 bits per heavy atom. The molecular formula is C23H14BrI2N3O4. The molecule has 0 heterocycles. The molecule has 1 N–H and O–H groups in total.